The molecule has 2 fully saturated rings. The van der Waals surface area contributed by atoms with Crippen molar-refractivity contribution in [3.8, 4) is 0 Å². The number of hydrogen-bond acceptors (Lipinski definition) is 0. The first-order chi connectivity index (χ1) is 8.10. The van der Waals surface area contributed by atoms with Crippen LogP contribution in [0.3, 0.4) is 0 Å². The van der Waals surface area contributed by atoms with Crippen LogP contribution in [0.25, 0.3) is 0 Å². The molecule has 18 heavy (non-hydrogen) atoms. The highest BCUT2D eigenvalue weighted by atomic mass is 14.5. The summed E-state index contributed by atoms with van der Waals surface area (Å²) in [4.78, 5) is 0. The van der Waals surface area contributed by atoms with Crippen LogP contribution in [-0.2, 0) is 0 Å². The van der Waals surface area contributed by atoms with Gasteiger partial charge in [-0.3, -0.25) is 0 Å². The van der Waals surface area contributed by atoms with E-state index >= 15 is 0 Å². The van der Waals surface area contributed by atoms with Gasteiger partial charge in [0.2, 0.25) is 0 Å². The molecular formula is C17H32B. The van der Waals surface area contributed by atoms with Crippen LogP contribution in [0.2, 0.25) is 11.6 Å². The lowest BCUT2D eigenvalue weighted by Gasteiger charge is -2.38. The zero-order valence-corrected chi connectivity index (χ0v) is 13.6. The first-order valence-electron chi connectivity index (χ1n) is 7.95. The predicted octanol–water partition coefficient (Wildman–Crippen LogP) is 5.43. The van der Waals surface area contributed by atoms with Gasteiger partial charge in [-0.1, -0.05) is 66.5 Å². The van der Waals surface area contributed by atoms with Gasteiger partial charge in [0.15, 0.2) is 0 Å². The Labute approximate surface area is 116 Å². The minimum Gasteiger partial charge on any atom is -0.0694 e. The van der Waals surface area contributed by atoms with Crippen LogP contribution in [0.4, 0.5) is 0 Å². The summed E-state index contributed by atoms with van der Waals surface area (Å²) in [5, 5.41) is 0. The lowest BCUT2D eigenvalue weighted by Crippen LogP contribution is -2.29. The van der Waals surface area contributed by atoms with E-state index in [1.165, 1.54) is 19.3 Å². The average Bonchev–Trinajstić information content (AvgIpc) is 2.40. The van der Waals surface area contributed by atoms with Crippen molar-refractivity contribution in [3.05, 3.63) is 0 Å². The second kappa shape index (κ2) is 4.56. The molecular weight excluding hydrogens is 215 g/mol. The normalized spacial score (nSPS) is 44.1. The highest BCUT2D eigenvalue weighted by Gasteiger charge is 2.46. The molecule has 2 rings (SSSR count). The Balaban J connectivity index is 2.21. The lowest BCUT2D eigenvalue weighted by atomic mass is 9.50. The van der Waals surface area contributed by atoms with Gasteiger partial charge in [0.1, 0.15) is 7.28 Å². The molecule has 0 spiro atoms. The van der Waals surface area contributed by atoms with Crippen LogP contribution in [-0.4, -0.2) is 7.28 Å². The Bertz CT molecular complexity index is 299. The van der Waals surface area contributed by atoms with Crippen LogP contribution in [0.15, 0.2) is 0 Å². The molecule has 1 saturated heterocycles. The van der Waals surface area contributed by atoms with Crippen molar-refractivity contribution in [2.45, 2.75) is 79.4 Å². The third-order valence-electron chi connectivity index (χ3n) is 5.89. The van der Waals surface area contributed by atoms with Crippen LogP contribution in [0.1, 0.15) is 67.7 Å². The van der Waals surface area contributed by atoms with E-state index in [9.17, 15) is 0 Å². The fourth-order valence-electron chi connectivity index (χ4n) is 4.85. The van der Waals surface area contributed by atoms with Gasteiger partial charge < -0.3 is 0 Å². The third-order valence-corrected chi connectivity index (χ3v) is 5.89. The van der Waals surface area contributed by atoms with Crippen LogP contribution >= 0.6 is 0 Å². The molecule has 1 aliphatic heterocycles. The maximum Gasteiger partial charge on any atom is 0.118 e. The van der Waals surface area contributed by atoms with Crippen molar-refractivity contribution in [3.63, 3.8) is 0 Å². The van der Waals surface area contributed by atoms with Crippen LogP contribution in [0.5, 0.6) is 0 Å². The fraction of sp³-hybridized carbons (Fsp3) is 1.00. The van der Waals surface area contributed by atoms with Crippen molar-refractivity contribution in [2.75, 3.05) is 0 Å². The van der Waals surface area contributed by atoms with Crippen LogP contribution < -0.4 is 0 Å². The van der Waals surface area contributed by atoms with Gasteiger partial charge in [0, 0.05) is 0 Å². The van der Waals surface area contributed by atoms with Crippen LogP contribution in [0, 0.1) is 28.6 Å². The molecule has 2 aliphatic rings. The molecule has 0 aromatic carbocycles. The van der Waals surface area contributed by atoms with Gasteiger partial charge in [0.25, 0.3) is 0 Å². The summed E-state index contributed by atoms with van der Waals surface area (Å²) in [6.45, 7) is 17.2. The zero-order chi connectivity index (χ0) is 13.7. The monoisotopic (exact) mass is 247 g/mol. The first kappa shape index (κ1) is 14.5. The van der Waals surface area contributed by atoms with E-state index in [0.29, 0.717) is 10.8 Å². The lowest BCUT2D eigenvalue weighted by molar-refractivity contribution is 0.134. The quantitative estimate of drug-likeness (QED) is 0.501. The summed E-state index contributed by atoms with van der Waals surface area (Å²) in [7, 11) is 2.72. The Hall–Kier alpha value is 0.0649. The molecule has 5 atom stereocenters. The third kappa shape index (κ3) is 2.80. The molecule has 1 heteroatoms. The van der Waals surface area contributed by atoms with E-state index in [-0.39, 0.29) is 0 Å². The zero-order valence-electron chi connectivity index (χ0n) is 13.6. The van der Waals surface area contributed by atoms with Crippen molar-refractivity contribution >= 4 is 7.28 Å². The summed E-state index contributed by atoms with van der Waals surface area (Å²) in [5.74, 6) is 4.37. The van der Waals surface area contributed by atoms with E-state index < -0.39 is 0 Å². The van der Waals surface area contributed by atoms with Gasteiger partial charge in [-0.15, -0.1) is 0 Å². The maximum atomic E-state index is 2.72. The summed E-state index contributed by atoms with van der Waals surface area (Å²) < 4.78 is 0. The second-order valence-electron chi connectivity index (χ2n) is 9.12. The molecule has 1 saturated carbocycles. The highest BCUT2D eigenvalue weighted by Crippen LogP contribution is 2.57. The molecule has 0 aromatic rings. The van der Waals surface area contributed by atoms with E-state index in [1.54, 1.807) is 0 Å². The molecule has 1 aliphatic carbocycles. The van der Waals surface area contributed by atoms with E-state index in [2.05, 4.69) is 55.7 Å². The van der Waals surface area contributed by atoms with Gasteiger partial charge in [-0.05, 0) is 41.4 Å². The molecule has 5 unspecified atom stereocenters. The van der Waals surface area contributed by atoms with Gasteiger partial charge in [0.05, 0.1) is 0 Å². The molecule has 103 valence electrons. The molecule has 0 aromatic heterocycles. The Morgan fingerprint density at radius 2 is 1.67 bits per heavy atom. The average molecular weight is 247 g/mol. The fourth-order valence-corrected chi connectivity index (χ4v) is 4.85. The van der Waals surface area contributed by atoms with Gasteiger partial charge in [-0.2, -0.15) is 0 Å². The topological polar surface area (TPSA) is 0 Å². The van der Waals surface area contributed by atoms with Crippen molar-refractivity contribution in [1.29, 1.82) is 0 Å². The largest absolute Gasteiger partial charge is 0.118 e. The maximum absolute atomic E-state index is 2.72. The van der Waals surface area contributed by atoms with E-state index in [1.807, 2.05) is 0 Å². The second-order valence-corrected chi connectivity index (χ2v) is 9.12. The van der Waals surface area contributed by atoms with Crippen molar-refractivity contribution < 1.29 is 0 Å². The molecule has 0 N–H and O–H groups in total. The van der Waals surface area contributed by atoms with Crippen molar-refractivity contribution in [1.82, 2.24) is 0 Å². The van der Waals surface area contributed by atoms with Gasteiger partial charge in [-0.25, -0.2) is 0 Å². The highest BCUT2D eigenvalue weighted by molar-refractivity contribution is 6.40. The molecule has 1 heterocycles. The molecule has 0 nitrogen and oxygen atoms in total. The SMILES string of the molecule is CC1[B]C2CC(C)(C)CC2CC(C(C)(C)C)C1C. The standard InChI is InChI=1S/C17H32B/c1-11-12(2)18-15-10-17(6,7)9-13(15)8-14(11)16(3,4)5/h11-15H,8-10H2,1-7H3. The Morgan fingerprint density at radius 3 is 2.22 bits per heavy atom. The Kier molecular flexibility index (Phi) is 3.67. The molecule has 0 amide bonds. The van der Waals surface area contributed by atoms with E-state index in [0.717, 1.165) is 29.4 Å². The summed E-state index contributed by atoms with van der Waals surface area (Å²) >= 11 is 0. The predicted molar refractivity (Wildman–Crippen MR) is 82.2 cm³/mol. The Morgan fingerprint density at radius 1 is 1.06 bits per heavy atom. The van der Waals surface area contributed by atoms with Crippen molar-refractivity contribution in [2.24, 2.45) is 28.6 Å². The minimum atomic E-state index is 0.461. The smallest absolute Gasteiger partial charge is 0.0694 e. The number of hydrogen-bond donors (Lipinski definition) is 0. The summed E-state index contributed by atoms with van der Waals surface area (Å²) in [5.41, 5.74) is 1.04. The first-order valence-corrected chi connectivity index (χ1v) is 7.95. The molecule has 0 bridgehead atoms. The van der Waals surface area contributed by atoms with Gasteiger partial charge >= 0.3 is 0 Å². The summed E-state index contributed by atoms with van der Waals surface area (Å²) in [6, 6.07) is 0. The minimum absolute atomic E-state index is 0.461. The van der Waals surface area contributed by atoms with E-state index in [4.69, 9.17) is 0 Å². The molecule has 1 radical (unpaired) electrons. The summed E-state index contributed by atoms with van der Waals surface area (Å²) in [6.07, 6.45) is 4.32. The number of rotatable bonds is 0. The number of fused-ring (bicyclic) bond motifs is 1.